The summed E-state index contributed by atoms with van der Waals surface area (Å²) in [7, 11) is 2.16. The van der Waals surface area contributed by atoms with E-state index in [4.69, 9.17) is 0 Å². The molecular weight excluding hydrogens is 276 g/mol. The molecule has 1 aromatic rings. The number of carbonyl (C=O) groups excluding carboxylic acids is 1. The van der Waals surface area contributed by atoms with Crippen molar-refractivity contribution in [3.8, 4) is 0 Å². The molecule has 1 amide bonds. The van der Waals surface area contributed by atoms with Crippen molar-refractivity contribution in [2.45, 2.75) is 26.8 Å². The lowest BCUT2D eigenvalue weighted by molar-refractivity contribution is 0.0788. The molecule has 0 aromatic carbocycles. The van der Waals surface area contributed by atoms with Gasteiger partial charge in [0.05, 0.1) is 0 Å². The van der Waals surface area contributed by atoms with Crippen molar-refractivity contribution in [1.29, 1.82) is 0 Å². The van der Waals surface area contributed by atoms with Gasteiger partial charge in [-0.3, -0.25) is 9.69 Å². The van der Waals surface area contributed by atoms with Crippen LogP contribution in [0.1, 0.15) is 30.0 Å². The van der Waals surface area contributed by atoms with E-state index in [9.17, 15) is 4.79 Å². The van der Waals surface area contributed by atoms with Crippen molar-refractivity contribution < 1.29 is 4.79 Å². The van der Waals surface area contributed by atoms with Gasteiger partial charge < -0.3 is 10.2 Å². The molecule has 1 aliphatic heterocycles. The first kappa shape index (κ1) is 16.9. The maximum absolute atomic E-state index is 12.3. The van der Waals surface area contributed by atoms with E-state index in [0.29, 0.717) is 24.2 Å². The molecule has 0 radical (unpaired) electrons. The summed E-state index contributed by atoms with van der Waals surface area (Å²) in [6, 6.07) is 5.92. The van der Waals surface area contributed by atoms with Crippen LogP contribution in [0.25, 0.3) is 0 Å². The molecule has 5 heteroatoms. The maximum Gasteiger partial charge on any atom is 0.269 e. The van der Waals surface area contributed by atoms with Crippen molar-refractivity contribution in [3.63, 3.8) is 0 Å². The fourth-order valence-corrected chi connectivity index (χ4v) is 2.90. The van der Waals surface area contributed by atoms with E-state index in [0.717, 1.165) is 31.9 Å². The molecule has 1 fully saturated rings. The third-order valence-electron chi connectivity index (χ3n) is 4.37. The van der Waals surface area contributed by atoms with Gasteiger partial charge in [0.15, 0.2) is 0 Å². The third-order valence-corrected chi connectivity index (χ3v) is 4.37. The predicted molar refractivity (Wildman–Crippen MR) is 89.0 cm³/mol. The summed E-state index contributed by atoms with van der Waals surface area (Å²) in [5, 5.41) is 3.06. The third kappa shape index (κ3) is 4.52. The topological polar surface area (TPSA) is 48.5 Å². The zero-order chi connectivity index (χ0) is 16.1. The summed E-state index contributed by atoms with van der Waals surface area (Å²) in [6.45, 7) is 11.3. The molecule has 1 aliphatic rings. The standard InChI is InChI=1S/C17H28N4O/c1-13(2)16(21-10-8-20(4)9-11-21)12-18-17(22)15-7-5-6-14(3)19-15/h5-7,13,16H,8-12H2,1-4H3,(H,18,22). The molecule has 1 saturated heterocycles. The highest BCUT2D eigenvalue weighted by molar-refractivity contribution is 5.92. The average Bonchev–Trinajstić information content (AvgIpc) is 2.48. The molecule has 0 aliphatic carbocycles. The molecule has 1 aromatic heterocycles. The number of nitrogens with zero attached hydrogens (tertiary/aromatic N) is 3. The van der Waals surface area contributed by atoms with Crippen LogP contribution in [0.5, 0.6) is 0 Å². The lowest BCUT2D eigenvalue weighted by atomic mass is 10.0. The number of rotatable bonds is 5. The highest BCUT2D eigenvalue weighted by atomic mass is 16.1. The lowest BCUT2D eigenvalue weighted by Gasteiger charge is -2.39. The van der Waals surface area contributed by atoms with Gasteiger partial charge in [-0.15, -0.1) is 0 Å². The monoisotopic (exact) mass is 304 g/mol. The van der Waals surface area contributed by atoms with E-state index in [-0.39, 0.29) is 5.91 Å². The minimum atomic E-state index is -0.0801. The highest BCUT2D eigenvalue weighted by Gasteiger charge is 2.25. The van der Waals surface area contributed by atoms with E-state index in [1.165, 1.54) is 0 Å². The smallest absolute Gasteiger partial charge is 0.269 e. The Kier molecular flexibility index (Phi) is 5.91. The number of piperazine rings is 1. The van der Waals surface area contributed by atoms with Crippen molar-refractivity contribution in [3.05, 3.63) is 29.6 Å². The largest absolute Gasteiger partial charge is 0.349 e. The number of aryl methyl sites for hydroxylation is 1. The van der Waals surface area contributed by atoms with Crippen LogP contribution in [0.4, 0.5) is 0 Å². The van der Waals surface area contributed by atoms with Gasteiger partial charge in [0.1, 0.15) is 5.69 Å². The normalized spacial score (nSPS) is 18.4. The van der Waals surface area contributed by atoms with Crippen LogP contribution in [0.3, 0.4) is 0 Å². The quantitative estimate of drug-likeness (QED) is 0.893. The molecule has 5 nitrogen and oxygen atoms in total. The van der Waals surface area contributed by atoms with Crippen molar-refractivity contribution in [2.75, 3.05) is 39.8 Å². The number of hydrogen-bond donors (Lipinski definition) is 1. The molecule has 0 bridgehead atoms. The van der Waals surface area contributed by atoms with Gasteiger partial charge in [0, 0.05) is 44.5 Å². The molecule has 1 atom stereocenters. The van der Waals surface area contributed by atoms with E-state index >= 15 is 0 Å². The Morgan fingerprint density at radius 2 is 1.95 bits per heavy atom. The van der Waals surface area contributed by atoms with Crippen LogP contribution in [0, 0.1) is 12.8 Å². The Morgan fingerprint density at radius 3 is 2.55 bits per heavy atom. The van der Waals surface area contributed by atoms with Crippen molar-refractivity contribution in [2.24, 2.45) is 5.92 Å². The number of hydrogen-bond acceptors (Lipinski definition) is 4. The number of nitrogens with one attached hydrogen (secondary N) is 1. The second kappa shape index (κ2) is 7.70. The second-order valence-electron chi connectivity index (χ2n) is 6.52. The van der Waals surface area contributed by atoms with Crippen LogP contribution in [0.15, 0.2) is 18.2 Å². The van der Waals surface area contributed by atoms with Gasteiger partial charge >= 0.3 is 0 Å². The maximum atomic E-state index is 12.3. The van der Waals surface area contributed by atoms with Gasteiger partial charge in [0.2, 0.25) is 0 Å². The van der Waals surface area contributed by atoms with Crippen LogP contribution in [0.2, 0.25) is 0 Å². The molecule has 1 N–H and O–H groups in total. The molecule has 0 saturated carbocycles. The zero-order valence-electron chi connectivity index (χ0n) is 14.2. The van der Waals surface area contributed by atoms with Crippen LogP contribution in [-0.2, 0) is 0 Å². The molecule has 122 valence electrons. The van der Waals surface area contributed by atoms with Crippen molar-refractivity contribution >= 4 is 5.91 Å². The number of pyridine rings is 1. The summed E-state index contributed by atoms with van der Waals surface area (Å²) in [5.41, 5.74) is 1.37. The minimum Gasteiger partial charge on any atom is -0.349 e. The second-order valence-corrected chi connectivity index (χ2v) is 6.52. The number of likely N-dealkylation sites (N-methyl/N-ethyl adjacent to an activating group) is 1. The highest BCUT2D eigenvalue weighted by Crippen LogP contribution is 2.13. The van der Waals surface area contributed by atoms with Gasteiger partial charge in [-0.25, -0.2) is 4.98 Å². The van der Waals surface area contributed by atoms with Gasteiger partial charge in [-0.1, -0.05) is 19.9 Å². The summed E-state index contributed by atoms with van der Waals surface area (Å²) in [5.74, 6) is 0.428. The molecule has 2 rings (SSSR count). The first-order valence-corrected chi connectivity index (χ1v) is 8.12. The molecule has 22 heavy (non-hydrogen) atoms. The fraction of sp³-hybridized carbons (Fsp3) is 0.647. The van der Waals surface area contributed by atoms with Crippen molar-refractivity contribution in [1.82, 2.24) is 20.1 Å². The summed E-state index contributed by atoms with van der Waals surface area (Å²) < 4.78 is 0. The zero-order valence-corrected chi connectivity index (χ0v) is 14.2. The van der Waals surface area contributed by atoms with E-state index < -0.39 is 0 Å². The predicted octanol–water partition coefficient (Wildman–Crippen LogP) is 1.39. The van der Waals surface area contributed by atoms with Gasteiger partial charge in [0.25, 0.3) is 5.91 Å². The van der Waals surface area contributed by atoms with E-state index in [2.05, 4.69) is 41.0 Å². The Morgan fingerprint density at radius 1 is 1.27 bits per heavy atom. The van der Waals surface area contributed by atoms with Crippen LogP contribution >= 0.6 is 0 Å². The SMILES string of the molecule is Cc1cccc(C(=O)NCC(C(C)C)N2CCN(C)CC2)n1. The Hall–Kier alpha value is -1.46. The molecular formula is C17H28N4O. The summed E-state index contributed by atoms with van der Waals surface area (Å²) in [6.07, 6.45) is 0. The Balaban J connectivity index is 1.93. The Labute approximate surface area is 133 Å². The van der Waals surface area contributed by atoms with E-state index in [1.807, 2.05) is 19.1 Å². The lowest BCUT2D eigenvalue weighted by Crippen LogP contribution is -2.54. The molecule has 0 spiro atoms. The van der Waals surface area contributed by atoms with E-state index in [1.54, 1.807) is 6.07 Å². The molecule has 1 unspecified atom stereocenters. The van der Waals surface area contributed by atoms with Gasteiger partial charge in [-0.05, 0) is 32.0 Å². The number of amides is 1. The minimum absolute atomic E-state index is 0.0801. The first-order valence-electron chi connectivity index (χ1n) is 8.12. The van der Waals surface area contributed by atoms with Crippen LogP contribution in [-0.4, -0.2) is 66.5 Å². The summed E-state index contributed by atoms with van der Waals surface area (Å²) >= 11 is 0. The van der Waals surface area contributed by atoms with Crippen LogP contribution < -0.4 is 5.32 Å². The number of carbonyl (C=O) groups is 1. The molecule has 2 heterocycles. The first-order chi connectivity index (χ1) is 10.5. The van der Waals surface area contributed by atoms with Gasteiger partial charge in [-0.2, -0.15) is 0 Å². The average molecular weight is 304 g/mol. The fourth-order valence-electron chi connectivity index (χ4n) is 2.90. The Bertz CT molecular complexity index is 495. The number of aromatic nitrogens is 1. The summed E-state index contributed by atoms with van der Waals surface area (Å²) in [4.78, 5) is 21.4.